The van der Waals surface area contributed by atoms with Crippen LogP contribution in [0.1, 0.15) is 44.9 Å². The van der Waals surface area contributed by atoms with Gasteiger partial charge in [-0.2, -0.15) is 0 Å². The molecule has 0 amide bonds. The molecule has 0 fully saturated rings. The smallest absolute Gasteiger partial charge is 0.0816 e. The molecule has 1 aromatic rings. The standard InChI is InChI=1S/C15H25NO/c1-6-12-8-10-13(11-9-12)14(16-7-2)15(3,4)17-5/h8-11,14,16H,6-7H2,1-5H3. The Bertz CT molecular complexity index is 329. The molecule has 0 spiro atoms. The molecule has 1 rings (SSSR count). The summed E-state index contributed by atoms with van der Waals surface area (Å²) < 4.78 is 5.60. The Labute approximate surface area is 105 Å². The Morgan fingerprint density at radius 3 is 2.18 bits per heavy atom. The first-order valence-electron chi connectivity index (χ1n) is 6.42. The number of rotatable bonds is 6. The van der Waals surface area contributed by atoms with E-state index in [1.54, 1.807) is 7.11 Å². The molecule has 0 saturated heterocycles. The van der Waals surface area contributed by atoms with E-state index in [9.17, 15) is 0 Å². The van der Waals surface area contributed by atoms with Crippen LogP contribution in [0.15, 0.2) is 24.3 Å². The summed E-state index contributed by atoms with van der Waals surface area (Å²) in [6.45, 7) is 9.48. The van der Waals surface area contributed by atoms with Gasteiger partial charge in [-0.15, -0.1) is 0 Å². The van der Waals surface area contributed by atoms with E-state index >= 15 is 0 Å². The molecule has 1 aromatic carbocycles. The molecular weight excluding hydrogens is 210 g/mol. The Kier molecular flexibility index (Phi) is 5.16. The maximum atomic E-state index is 5.60. The van der Waals surface area contributed by atoms with Crippen LogP contribution in [0.4, 0.5) is 0 Å². The van der Waals surface area contributed by atoms with Crippen molar-refractivity contribution in [3.63, 3.8) is 0 Å². The summed E-state index contributed by atoms with van der Waals surface area (Å²) in [5, 5.41) is 3.50. The molecule has 0 bridgehead atoms. The lowest BCUT2D eigenvalue weighted by atomic mass is 9.91. The lowest BCUT2D eigenvalue weighted by molar-refractivity contribution is -0.0106. The molecule has 2 nitrogen and oxygen atoms in total. The van der Waals surface area contributed by atoms with Crippen LogP contribution in [0.25, 0.3) is 0 Å². The van der Waals surface area contributed by atoms with Gasteiger partial charge >= 0.3 is 0 Å². The fraction of sp³-hybridized carbons (Fsp3) is 0.600. The largest absolute Gasteiger partial charge is 0.377 e. The molecule has 0 aliphatic rings. The van der Waals surface area contributed by atoms with Crippen LogP contribution in [-0.2, 0) is 11.2 Å². The summed E-state index contributed by atoms with van der Waals surface area (Å²) in [7, 11) is 1.77. The number of nitrogens with one attached hydrogen (secondary N) is 1. The number of hydrogen-bond donors (Lipinski definition) is 1. The highest BCUT2D eigenvalue weighted by Gasteiger charge is 2.29. The SMILES string of the molecule is CCNC(c1ccc(CC)cc1)C(C)(C)OC. The summed E-state index contributed by atoms with van der Waals surface area (Å²) >= 11 is 0. The molecular formula is C15H25NO. The molecule has 0 heterocycles. The Hall–Kier alpha value is -0.860. The minimum Gasteiger partial charge on any atom is -0.377 e. The summed E-state index contributed by atoms with van der Waals surface area (Å²) in [5.74, 6) is 0. The Balaban J connectivity index is 2.96. The van der Waals surface area contributed by atoms with E-state index in [1.165, 1.54) is 11.1 Å². The van der Waals surface area contributed by atoms with Crippen LogP contribution < -0.4 is 5.32 Å². The van der Waals surface area contributed by atoms with E-state index in [4.69, 9.17) is 4.74 Å². The number of ether oxygens (including phenoxy) is 1. The summed E-state index contributed by atoms with van der Waals surface area (Å²) in [4.78, 5) is 0. The molecule has 1 N–H and O–H groups in total. The van der Waals surface area contributed by atoms with Crippen molar-refractivity contribution in [1.82, 2.24) is 5.32 Å². The van der Waals surface area contributed by atoms with Gasteiger partial charge in [0.05, 0.1) is 11.6 Å². The summed E-state index contributed by atoms with van der Waals surface area (Å²) in [6, 6.07) is 9.03. The van der Waals surface area contributed by atoms with E-state index in [-0.39, 0.29) is 11.6 Å². The fourth-order valence-corrected chi connectivity index (χ4v) is 2.03. The van der Waals surface area contributed by atoms with E-state index in [1.807, 2.05) is 0 Å². The van der Waals surface area contributed by atoms with Crippen LogP contribution in [0.2, 0.25) is 0 Å². The number of methoxy groups -OCH3 is 1. The van der Waals surface area contributed by atoms with Gasteiger partial charge in [-0.25, -0.2) is 0 Å². The Morgan fingerprint density at radius 1 is 1.18 bits per heavy atom. The molecule has 2 heteroatoms. The third-order valence-corrected chi connectivity index (χ3v) is 3.35. The molecule has 0 saturated carbocycles. The fourth-order valence-electron chi connectivity index (χ4n) is 2.03. The number of aryl methyl sites for hydroxylation is 1. The minimum atomic E-state index is -0.205. The van der Waals surface area contributed by atoms with Crippen molar-refractivity contribution in [2.75, 3.05) is 13.7 Å². The second kappa shape index (κ2) is 6.18. The molecule has 1 unspecified atom stereocenters. The zero-order valence-electron chi connectivity index (χ0n) is 11.7. The Morgan fingerprint density at radius 2 is 1.76 bits per heavy atom. The highest BCUT2D eigenvalue weighted by molar-refractivity contribution is 5.26. The average molecular weight is 235 g/mol. The van der Waals surface area contributed by atoms with E-state index in [0.717, 1.165) is 13.0 Å². The van der Waals surface area contributed by atoms with Gasteiger partial charge in [0.25, 0.3) is 0 Å². The molecule has 0 aliphatic carbocycles. The quantitative estimate of drug-likeness (QED) is 0.816. The van der Waals surface area contributed by atoms with Crippen LogP contribution in [0.3, 0.4) is 0 Å². The van der Waals surface area contributed by atoms with Crippen molar-refractivity contribution < 1.29 is 4.74 Å². The van der Waals surface area contributed by atoms with Gasteiger partial charge in [0, 0.05) is 7.11 Å². The monoisotopic (exact) mass is 235 g/mol. The second-order valence-electron chi connectivity index (χ2n) is 4.89. The van der Waals surface area contributed by atoms with Gasteiger partial charge in [0.2, 0.25) is 0 Å². The van der Waals surface area contributed by atoms with Gasteiger partial charge in [0.15, 0.2) is 0 Å². The highest BCUT2D eigenvalue weighted by Crippen LogP contribution is 2.28. The molecule has 0 radical (unpaired) electrons. The van der Waals surface area contributed by atoms with Gasteiger partial charge in [-0.05, 0) is 37.9 Å². The van der Waals surface area contributed by atoms with Gasteiger partial charge in [-0.3, -0.25) is 0 Å². The van der Waals surface area contributed by atoms with E-state index in [0.29, 0.717) is 0 Å². The van der Waals surface area contributed by atoms with Crippen molar-refractivity contribution in [3.8, 4) is 0 Å². The lowest BCUT2D eigenvalue weighted by Gasteiger charge is -2.34. The van der Waals surface area contributed by atoms with Crippen molar-refractivity contribution >= 4 is 0 Å². The lowest BCUT2D eigenvalue weighted by Crippen LogP contribution is -2.40. The number of benzene rings is 1. The molecule has 1 atom stereocenters. The van der Waals surface area contributed by atoms with Gasteiger partial charge < -0.3 is 10.1 Å². The van der Waals surface area contributed by atoms with Crippen molar-refractivity contribution in [2.24, 2.45) is 0 Å². The molecule has 96 valence electrons. The third kappa shape index (κ3) is 3.55. The highest BCUT2D eigenvalue weighted by atomic mass is 16.5. The van der Waals surface area contributed by atoms with Crippen LogP contribution in [0, 0.1) is 0 Å². The molecule has 0 aromatic heterocycles. The van der Waals surface area contributed by atoms with Crippen LogP contribution in [-0.4, -0.2) is 19.3 Å². The van der Waals surface area contributed by atoms with Crippen molar-refractivity contribution in [2.45, 2.75) is 45.8 Å². The first-order valence-corrected chi connectivity index (χ1v) is 6.42. The van der Waals surface area contributed by atoms with Crippen LogP contribution >= 0.6 is 0 Å². The van der Waals surface area contributed by atoms with E-state index < -0.39 is 0 Å². The van der Waals surface area contributed by atoms with Crippen LogP contribution in [0.5, 0.6) is 0 Å². The first kappa shape index (κ1) is 14.2. The van der Waals surface area contributed by atoms with E-state index in [2.05, 4.69) is 57.3 Å². The number of likely N-dealkylation sites (N-methyl/N-ethyl adjacent to an activating group) is 1. The van der Waals surface area contributed by atoms with Crippen molar-refractivity contribution in [1.29, 1.82) is 0 Å². The summed E-state index contributed by atoms with van der Waals surface area (Å²) in [6.07, 6.45) is 1.08. The topological polar surface area (TPSA) is 21.3 Å². The van der Waals surface area contributed by atoms with Gasteiger partial charge in [-0.1, -0.05) is 38.1 Å². The third-order valence-electron chi connectivity index (χ3n) is 3.35. The second-order valence-corrected chi connectivity index (χ2v) is 4.89. The maximum Gasteiger partial charge on any atom is 0.0816 e. The normalized spacial score (nSPS) is 13.7. The van der Waals surface area contributed by atoms with Gasteiger partial charge in [0.1, 0.15) is 0 Å². The zero-order valence-corrected chi connectivity index (χ0v) is 11.7. The average Bonchev–Trinajstić information content (AvgIpc) is 2.36. The minimum absolute atomic E-state index is 0.205. The zero-order chi connectivity index (χ0) is 12.9. The molecule has 0 aliphatic heterocycles. The predicted molar refractivity (Wildman–Crippen MR) is 73.3 cm³/mol. The first-order chi connectivity index (χ1) is 8.05. The van der Waals surface area contributed by atoms with Crippen molar-refractivity contribution in [3.05, 3.63) is 35.4 Å². The maximum absolute atomic E-state index is 5.60. The number of hydrogen-bond acceptors (Lipinski definition) is 2. The molecule has 17 heavy (non-hydrogen) atoms. The predicted octanol–water partition coefficient (Wildman–Crippen LogP) is 3.32. The summed E-state index contributed by atoms with van der Waals surface area (Å²) in [5.41, 5.74) is 2.46.